The van der Waals surface area contributed by atoms with Crippen LogP contribution < -0.4 is 10.3 Å². The zero-order chi connectivity index (χ0) is 22.0. The molecule has 0 saturated carbocycles. The van der Waals surface area contributed by atoms with Crippen LogP contribution in [0.15, 0.2) is 23.1 Å². The van der Waals surface area contributed by atoms with Crippen molar-refractivity contribution >= 4 is 28.5 Å². The number of H-pyrrole nitrogens is 1. The molecule has 0 amide bonds. The van der Waals surface area contributed by atoms with E-state index in [9.17, 15) is 14.4 Å². The molecule has 0 aliphatic carbocycles. The molecule has 1 fully saturated rings. The minimum atomic E-state index is -0.611. The Labute approximate surface area is 177 Å². The molecule has 0 unspecified atom stereocenters. The molecule has 1 saturated heterocycles. The van der Waals surface area contributed by atoms with E-state index in [1.165, 1.54) is 20.1 Å². The number of methoxy groups -OCH3 is 1. The summed E-state index contributed by atoms with van der Waals surface area (Å²) in [5.41, 5.74) is 1.35. The van der Waals surface area contributed by atoms with Gasteiger partial charge in [0.25, 0.3) is 5.56 Å². The molecule has 4 rings (SSSR count). The molecule has 3 aromatic rings. The maximum atomic E-state index is 12.7. The SMILES string of the molecule is COC(=O)c1cc2[nH]c(=O)c3cnc(C4CCOCC4)n3c2cc1OCCOC(C)=O. The summed E-state index contributed by atoms with van der Waals surface area (Å²) in [6.07, 6.45) is 3.16. The average Bonchev–Trinajstić information content (AvgIpc) is 3.22. The molecule has 0 spiro atoms. The molecule has 31 heavy (non-hydrogen) atoms. The van der Waals surface area contributed by atoms with E-state index < -0.39 is 11.9 Å². The molecule has 1 aromatic carbocycles. The van der Waals surface area contributed by atoms with Gasteiger partial charge in [0.05, 0.1) is 24.3 Å². The van der Waals surface area contributed by atoms with Gasteiger partial charge in [0, 0.05) is 32.1 Å². The number of esters is 2. The van der Waals surface area contributed by atoms with Crippen LogP contribution in [0.2, 0.25) is 0 Å². The van der Waals surface area contributed by atoms with Crippen molar-refractivity contribution in [1.29, 1.82) is 0 Å². The van der Waals surface area contributed by atoms with Crippen molar-refractivity contribution in [1.82, 2.24) is 14.4 Å². The number of hydrogen-bond acceptors (Lipinski definition) is 8. The molecule has 0 bridgehead atoms. The Kier molecular flexibility index (Phi) is 5.90. The van der Waals surface area contributed by atoms with E-state index >= 15 is 0 Å². The minimum absolute atomic E-state index is 0.0351. The van der Waals surface area contributed by atoms with Crippen LogP contribution in [0.25, 0.3) is 16.6 Å². The lowest BCUT2D eigenvalue weighted by Gasteiger charge is -2.21. The highest BCUT2D eigenvalue weighted by Crippen LogP contribution is 2.31. The molecule has 3 heterocycles. The molecule has 2 aromatic heterocycles. The molecule has 164 valence electrons. The van der Waals surface area contributed by atoms with E-state index in [2.05, 4.69) is 9.97 Å². The van der Waals surface area contributed by atoms with Crippen LogP contribution in [0.5, 0.6) is 5.75 Å². The molecular formula is C21H23N3O7. The highest BCUT2D eigenvalue weighted by molar-refractivity contribution is 5.97. The summed E-state index contributed by atoms with van der Waals surface area (Å²) in [6, 6.07) is 3.19. The van der Waals surface area contributed by atoms with Crippen LogP contribution in [0.4, 0.5) is 0 Å². The molecule has 1 N–H and O–H groups in total. The van der Waals surface area contributed by atoms with Crippen LogP contribution in [-0.2, 0) is 19.0 Å². The fourth-order valence-electron chi connectivity index (χ4n) is 3.79. The number of benzene rings is 1. The zero-order valence-electron chi connectivity index (χ0n) is 17.3. The Morgan fingerprint density at radius 1 is 1.23 bits per heavy atom. The fraction of sp³-hybridized carbons (Fsp3) is 0.429. The lowest BCUT2D eigenvalue weighted by molar-refractivity contribution is -0.141. The predicted molar refractivity (Wildman–Crippen MR) is 110 cm³/mol. The van der Waals surface area contributed by atoms with E-state index in [0.717, 1.165) is 18.7 Å². The number of fused-ring (bicyclic) bond motifs is 3. The van der Waals surface area contributed by atoms with Gasteiger partial charge in [0.2, 0.25) is 0 Å². The lowest BCUT2D eigenvalue weighted by Crippen LogP contribution is -2.18. The Hall–Kier alpha value is -3.40. The van der Waals surface area contributed by atoms with E-state index in [1.54, 1.807) is 12.3 Å². The highest BCUT2D eigenvalue weighted by atomic mass is 16.6. The normalized spacial score (nSPS) is 14.6. The zero-order valence-corrected chi connectivity index (χ0v) is 17.3. The van der Waals surface area contributed by atoms with E-state index in [-0.39, 0.29) is 36.0 Å². The molecule has 0 atom stereocenters. The first-order chi connectivity index (χ1) is 15.0. The van der Waals surface area contributed by atoms with Crippen molar-refractivity contribution in [2.45, 2.75) is 25.7 Å². The highest BCUT2D eigenvalue weighted by Gasteiger charge is 2.24. The summed E-state index contributed by atoms with van der Waals surface area (Å²) in [7, 11) is 1.26. The summed E-state index contributed by atoms with van der Waals surface area (Å²) in [6.45, 7) is 2.67. The Balaban J connectivity index is 1.85. The largest absolute Gasteiger partial charge is 0.489 e. The Morgan fingerprint density at radius 3 is 2.71 bits per heavy atom. The molecular weight excluding hydrogens is 406 g/mol. The summed E-state index contributed by atoms with van der Waals surface area (Å²) >= 11 is 0. The van der Waals surface area contributed by atoms with Crippen molar-refractivity contribution in [2.75, 3.05) is 33.5 Å². The van der Waals surface area contributed by atoms with E-state index in [1.807, 2.05) is 4.40 Å². The fourth-order valence-corrected chi connectivity index (χ4v) is 3.79. The summed E-state index contributed by atoms with van der Waals surface area (Å²) in [5, 5.41) is 0. The van der Waals surface area contributed by atoms with Crippen LogP contribution in [-0.4, -0.2) is 59.8 Å². The van der Waals surface area contributed by atoms with E-state index in [0.29, 0.717) is 29.8 Å². The predicted octanol–water partition coefficient (Wildman–Crippen LogP) is 1.80. The third-order valence-electron chi connectivity index (χ3n) is 5.25. The van der Waals surface area contributed by atoms with Crippen LogP contribution >= 0.6 is 0 Å². The van der Waals surface area contributed by atoms with Gasteiger partial charge < -0.3 is 23.9 Å². The maximum Gasteiger partial charge on any atom is 0.341 e. The second-order valence-corrected chi connectivity index (χ2v) is 7.22. The van der Waals surface area contributed by atoms with Gasteiger partial charge in [-0.05, 0) is 18.9 Å². The third-order valence-corrected chi connectivity index (χ3v) is 5.25. The second kappa shape index (κ2) is 8.76. The number of hydrogen-bond donors (Lipinski definition) is 1. The smallest absolute Gasteiger partial charge is 0.341 e. The first kappa shape index (κ1) is 20.9. The molecule has 10 nitrogen and oxygen atoms in total. The molecule has 1 aliphatic rings. The second-order valence-electron chi connectivity index (χ2n) is 7.22. The summed E-state index contributed by atoms with van der Waals surface area (Å²) in [5.74, 6) is 0.141. The first-order valence-electron chi connectivity index (χ1n) is 9.99. The monoisotopic (exact) mass is 429 g/mol. The number of imidazole rings is 1. The van der Waals surface area contributed by atoms with Crippen molar-refractivity contribution in [3.05, 3.63) is 40.1 Å². The summed E-state index contributed by atoms with van der Waals surface area (Å²) < 4.78 is 22.8. The Morgan fingerprint density at radius 2 is 2.00 bits per heavy atom. The maximum absolute atomic E-state index is 12.7. The molecule has 1 aliphatic heterocycles. The number of carbonyl (C=O) groups excluding carboxylic acids is 2. The molecule has 10 heteroatoms. The topological polar surface area (TPSA) is 121 Å². The van der Waals surface area contributed by atoms with Crippen molar-refractivity contribution in [3.8, 4) is 5.75 Å². The van der Waals surface area contributed by atoms with Gasteiger partial charge in [-0.15, -0.1) is 0 Å². The first-order valence-corrected chi connectivity index (χ1v) is 9.99. The van der Waals surface area contributed by atoms with Crippen molar-refractivity contribution < 1.29 is 28.5 Å². The van der Waals surface area contributed by atoms with Crippen molar-refractivity contribution in [3.63, 3.8) is 0 Å². The van der Waals surface area contributed by atoms with Gasteiger partial charge in [-0.2, -0.15) is 0 Å². The van der Waals surface area contributed by atoms with Gasteiger partial charge in [0.1, 0.15) is 35.9 Å². The van der Waals surface area contributed by atoms with E-state index in [4.69, 9.17) is 18.9 Å². The van der Waals surface area contributed by atoms with Gasteiger partial charge >= 0.3 is 11.9 Å². The van der Waals surface area contributed by atoms with Gasteiger partial charge in [0.15, 0.2) is 0 Å². The van der Waals surface area contributed by atoms with Gasteiger partial charge in [-0.1, -0.05) is 0 Å². The number of nitrogens with one attached hydrogen (secondary N) is 1. The standard InChI is InChI=1S/C21H23N3O7/c1-12(25)30-7-8-31-18-10-16-15(9-14(18)21(27)28-2)23-20(26)17-11-22-19(24(16)17)13-3-5-29-6-4-13/h9-11,13H,3-8H2,1-2H3,(H,23,26). The minimum Gasteiger partial charge on any atom is -0.489 e. The van der Waals surface area contributed by atoms with Gasteiger partial charge in [-0.25, -0.2) is 9.78 Å². The molecule has 0 radical (unpaired) electrons. The number of carbonyl (C=O) groups is 2. The van der Waals surface area contributed by atoms with Crippen LogP contribution in [0, 0.1) is 0 Å². The number of aromatic amines is 1. The quantitative estimate of drug-likeness (QED) is 0.465. The number of nitrogens with zero attached hydrogens (tertiary/aromatic N) is 2. The van der Waals surface area contributed by atoms with Crippen molar-refractivity contribution in [2.24, 2.45) is 0 Å². The Bertz CT molecular complexity index is 1190. The lowest BCUT2D eigenvalue weighted by atomic mass is 9.99. The number of rotatable bonds is 6. The number of aromatic nitrogens is 3. The van der Waals surface area contributed by atoms with Crippen LogP contribution in [0.3, 0.4) is 0 Å². The summed E-state index contributed by atoms with van der Waals surface area (Å²) in [4.78, 5) is 43.3. The number of ether oxygens (including phenoxy) is 4. The van der Waals surface area contributed by atoms with Crippen LogP contribution in [0.1, 0.15) is 41.9 Å². The van der Waals surface area contributed by atoms with Gasteiger partial charge in [-0.3, -0.25) is 14.0 Å². The average molecular weight is 429 g/mol. The third kappa shape index (κ3) is 4.11.